The van der Waals surface area contributed by atoms with Gasteiger partial charge in [0, 0.05) is 8.22 Å². The molecule has 39 heavy (non-hydrogen) atoms. The molecular weight excluding hydrogens is 488 g/mol. The number of aromatic nitrogens is 8. The van der Waals surface area contributed by atoms with Crippen LogP contribution in [0.2, 0.25) is 0 Å². The summed E-state index contributed by atoms with van der Waals surface area (Å²) < 4.78 is 61.4. The predicted octanol–water partition coefficient (Wildman–Crippen LogP) is 6.18. The number of rotatable bonds is 2. The minimum absolute atomic E-state index is 0.108. The van der Waals surface area contributed by atoms with Crippen molar-refractivity contribution in [3.05, 3.63) is 96.1 Å². The molecule has 0 aliphatic carbocycles. The number of imidazole rings is 4. The topological polar surface area (TPSA) is 83.4 Å². The Morgan fingerprint density at radius 1 is 0.564 bits per heavy atom. The summed E-state index contributed by atoms with van der Waals surface area (Å²) in [5, 5.41) is 4.35. The zero-order valence-electron chi connectivity index (χ0n) is 26.1. The molecule has 0 saturated heterocycles. The standard InChI is InChI=1S/C30H20N8O/c1-17-9-7-15-23-25(17)31-28-35(23)19-11-3-5-13-21(19)37(28)27-33-30(39-34-27)38-22-14-6-4-12-20(22)36-24-16-8-10-18(2)26(24)32-29(36)38/h3-16H,1-2H3/i1D3,2D3. The van der Waals surface area contributed by atoms with Crippen molar-refractivity contribution in [2.24, 2.45) is 0 Å². The SMILES string of the molecule is [2H]C([2H])([2H])c1cccc2c1nc1n(-c3noc(-n4c5ccccc5n5c6cccc(C([2H])([2H])[2H])c6nc45)n3)c3ccccc3n21. The van der Waals surface area contributed by atoms with Gasteiger partial charge in [-0.25, -0.2) is 19.1 Å². The van der Waals surface area contributed by atoms with E-state index in [1.165, 1.54) is 0 Å². The van der Waals surface area contributed by atoms with E-state index in [-0.39, 0.29) is 23.1 Å². The van der Waals surface area contributed by atoms with Gasteiger partial charge in [-0.3, -0.25) is 8.80 Å². The first-order valence-corrected chi connectivity index (χ1v) is 12.3. The fraction of sp³-hybridized carbons (Fsp3) is 0.0667. The molecule has 0 aliphatic rings. The first kappa shape index (κ1) is 15.7. The van der Waals surface area contributed by atoms with Gasteiger partial charge in [-0.05, 0) is 66.4 Å². The Morgan fingerprint density at radius 3 is 1.67 bits per heavy atom. The smallest absolute Gasteiger partial charge is 0.312 e. The molecule has 5 aromatic heterocycles. The van der Waals surface area contributed by atoms with E-state index in [1.54, 1.807) is 33.4 Å². The third-order valence-electron chi connectivity index (χ3n) is 7.26. The molecule has 9 rings (SSSR count). The number of nitrogens with zero attached hydrogens (tertiary/aromatic N) is 8. The molecule has 5 heterocycles. The first-order valence-electron chi connectivity index (χ1n) is 15.3. The molecule has 0 spiro atoms. The molecule has 0 radical (unpaired) electrons. The van der Waals surface area contributed by atoms with E-state index < -0.39 is 13.7 Å². The van der Waals surface area contributed by atoms with Crippen molar-refractivity contribution in [3.8, 4) is 12.0 Å². The number of para-hydroxylation sites is 6. The average molecular weight is 515 g/mol. The number of aryl methyl sites for hydroxylation is 2. The summed E-state index contributed by atoms with van der Waals surface area (Å²) in [6, 6.07) is 25.5. The minimum Gasteiger partial charge on any atom is -0.312 e. The number of benzene rings is 4. The van der Waals surface area contributed by atoms with Crippen LogP contribution in [0.15, 0.2) is 89.5 Å². The molecule has 9 heteroatoms. The largest absolute Gasteiger partial charge is 0.337 e. The van der Waals surface area contributed by atoms with Gasteiger partial charge < -0.3 is 4.52 Å². The van der Waals surface area contributed by atoms with E-state index in [4.69, 9.17) is 27.7 Å². The van der Waals surface area contributed by atoms with E-state index in [9.17, 15) is 0 Å². The van der Waals surface area contributed by atoms with Crippen LogP contribution in [-0.2, 0) is 0 Å². The summed E-state index contributed by atoms with van der Waals surface area (Å²) in [6.07, 6.45) is 0. The van der Waals surface area contributed by atoms with Gasteiger partial charge in [0.25, 0.3) is 5.95 Å². The van der Waals surface area contributed by atoms with Crippen LogP contribution in [0, 0.1) is 13.7 Å². The van der Waals surface area contributed by atoms with E-state index in [1.807, 2.05) is 69.5 Å². The Morgan fingerprint density at radius 2 is 1.08 bits per heavy atom. The van der Waals surface area contributed by atoms with Gasteiger partial charge in [0.1, 0.15) is 0 Å². The highest BCUT2D eigenvalue weighted by Crippen LogP contribution is 2.32. The van der Waals surface area contributed by atoms with Gasteiger partial charge in [0.15, 0.2) is 0 Å². The van der Waals surface area contributed by atoms with Crippen molar-refractivity contribution in [1.29, 1.82) is 0 Å². The summed E-state index contributed by atoms with van der Waals surface area (Å²) >= 11 is 0. The van der Waals surface area contributed by atoms with Crippen LogP contribution in [0.1, 0.15) is 19.4 Å². The van der Waals surface area contributed by atoms with Crippen LogP contribution in [0.3, 0.4) is 0 Å². The molecule has 9 aromatic rings. The molecule has 0 aliphatic heterocycles. The van der Waals surface area contributed by atoms with Crippen LogP contribution in [-0.4, -0.2) is 38.0 Å². The Kier molecular flexibility index (Phi) is 2.87. The lowest BCUT2D eigenvalue weighted by Gasteiger charge is -1.99. The van der Waals surface area contributed by atoms with Crippen LogP contribution in [0.25, 0.3) is 67.7 Å². The normalized spacial score (nSPS) is 15.3. The molecule has 0 fully saturated rings. The lowest BCUT2D eigenvalue weighted by molar-refractivity contribution is 0.404. The van der Waals surface area contributed by atoms with Crippen LogP contribution >= 0.6 is 0 Å². The number of fused-ring (bicyclic) bond motifs is 10. The van der Waals surface area contributed by atoms with E-state index >= 15 is 0 Å². The Balaban J connectivity index is 1.33. The van der Waals surface area contributed by atoms with Crippen molar-refractivity contribution < 1.29 is 12.7 Å². The maximum Gasteiger partial charge on any atom is 0.337 e. The summed E-state index contributed by atoms with van der Waals surface area (Å²) in [5.74, 6) is 1.01. The van der Waals surface area contributed by atoms with Gasteiger partial charge >= 0.3 is 6.01 Å². The molecule has 0 atom stereocenters. The molecule has 0 saturated carbocycles. The Hall–Kier alpha value is -5.44. The van der Waals surface area contributed by atoms with E-state index in [0.29, 0.717) is 33.6 Å². The second-order valence-electron chi connectivity index (χ2n) is 9.37. The highest BCUT2D eigenvalue weighted by molar-refractivity contribution is 5.94. The second-order valence-corrected chi connectivity index (χ2v) is 9.37. The predicted molar refractivity (Wildman–Crippen MR) is 150 cm³/mol. The average Bonchev–Trinajstić information content (AvgIpc) is 3.80. The first-order chi connectivity index (χ1) is 21.6. The maximum atomic E-state index is 8.06. The lowest BCUT2D eigenvalue weighted by atomic mass is 10.2. The summed E-state index contributed by atoms with van der Waals surface area (Å²) in [4.78, 5) is 14.4. The highest BCUT2D eigenvalue weighted by Gasteiger charge is 2.24. The van der Waals surface area contributed by atoms with E-state index in [2.05, 4.69) is 5.16 Å². The zero-order chi connectivity index (χ0) is 30.8. The monoisotopic (exact) mass is 514 g/mol. The van der Waals surface area contributed by atoms with Gasteiger partial charge in [-0.15, -0.1) is 0 Å². The third kappa shape index (κ3) is 2.53. The van der Waals surface area contributed by atoms with Crippen molar-refractivity contribution >= 4 is 55.7 Å². The van der Waals surface area contributed by atoms with Crippen molar-refractivity contribution in [2.75, 3.05) is 0 Å². The molecule has 4 aromatic carbocycles. The molecule has 0 bridgehead atoms. The van der Waals surface area contributed by atoms with Gasteiger partial charge in [0.05, 0.1) is 44.1 Å². The van der Waals surface area contributed by atoms with Gasteiger partial charge in [0.2, 0.25) is 11.6 Å². The van der Waals surface area contributed by atoms with Crippen molar-refractivity contribution in [1.82, 2.24) is 38.0 Å². The molecule has 0 amide bonds. The van der Waals surface area contributed by atoms with Crippen LogP contribution in [0.5, 0.6) is 0 Å². The molecule has 0 unspecified atom stereocenters. The number of hydrogen-bond acceptors (Lipinski definition) is 5. The molecule has 9 nitrogen and oxygen atoms in total. The van der Waals surface area contributed by atoms with Gasteiger partial charge in [-0.2, -0.15) is 4.98 Å². The van der Waals surface area contributed by atoms with Gasteiger partial charge in [-0.1, -0.05) is 48.5 Å². The quantitative estimate of drug-likeness (QED) is 0.275. The van der Waals surface area contributed by atoms with Crippen LogP contribution < -0.4 is 0 Å². The summed E-state index contributed by atoms with van der Waals surface area (Å²) in [6.45, 7) is -4.71. The van der Waals surface area contributed by atoms with Crippen molar-refractivity contribution in [3.63, 3.8) is 0 Å². The molecule has 186 valence electrons. The van der Waals surface area contributed by atoms with E-state index in [0.717, 1.165) is 22.1 Å². The number of hydrogen-bond donors (Lipinski definition) is 0. The van der Waals surface area contributed by atoms with Crippen molar-refractivity contribution in [2.45, 2.75) is 13.7 Å². The molecule has 0 N–H and O–H groups in total. The molecular formula is C30H20N8O. The Bertz CT molecular complexity index is 2470. The fourth-order valence-corrected chi connectivity index (χ4v) is 5.62. The summed E-state index contributed by atoms with van der Waals surface area (Å²) in [7, 11) is 0. The fourth-order valence-electron chi connectivity index (χ4n) is 5.62. The summed E-state index contributed by atoms with van der Waals surface area (Å²) in [5.41, 5.74) is 5.34. The second kappa shape index (κ2) is 7.11. The highest BCUT2D eigenvalue weighted by atomic mass is 16.5. The third-order valence-corrected chi connectivity index (χ3v) is 7.26. The minimum atomic E-state index is -2.36. The maximum absolute atomic E-state index is 8.06. The lowest BCUT2D eigenvalue weighted by Crippen LogP contribution is -1.99. The zero-order valence-corrected chi connectivity index (χ0v) is 20.1. The Labute approximate surface area is 228 Å². The van der Waals surface area contributed by atoms with Crippen LogP contribution in [0.4, 0.5) is 0 Å².